The highest BCUT2D eigenvalue weighted by molar-refractivity contribution is 6.01. The van der Waals surface area contributed by atoms with Gasteiger partial charge in [0.05, 0.1) is 12.3 Å². The van der Waals surface area contributed by atoms with Crippen molar-refractivity contribution in [3.63, 3.8) is 0 Å². The molecule has 0 saturated carbocycles. The monoisotopic (exact) mass is 382 g/mol. The van der Waals surface area contributed by atoms with Crippen LogP contribution in [0.5, 0.6) is 0 Å². The van der Waals surface area contributed by atoms with Crippen LogP contribution < -0.4 is 0 Å². The molecule has 0 bridgehead atoms. The number of benzene rings is 2. The molecule has 1 aliphatic heterocycles. The SMILES string of the molecule is Cc1ccc(C2=NOC(CN(Cc3cccc(F)c3)C(=O)CC(C)C)C2)cc1. The summed E-state index contributed by atoms with van der Waals surface area (Å²) < 4.78 is 13.6. The van der Waals surface area contributed by atoms with E-state index in [-0.39, 0.29) is 23.7 Å². The van der Waals surface area contributed by atoms with Gasteiger partial charge in [0.25, 0.3) is 0 Å². The Labute approximate surface area is 166 Å². The lowest BCUT2D eigenvalue weighted by atomic mass is 10.0. The zero-order valence-corrected chi connectivity index (χ0v) is 16.7. The average molecular weight is 382 g/mol. The van der Waals surface area contributed by atoms with Gasteiger partial charge in [-0.05, 0) is 36.1 Å². The quantitative estimate of drug-likeness (QED) is 0.696. The van der Waals surface area contributed by atoms with E-state index in [0.29, 0.717) is 25.9 Å². The molecule has 0 radical (unpaired) electrons. The van der Waals surface area contributed by atoms with Gasteiger partial charge in [0.1, 0.15) is 5.82 Å². The highest BCUT2D eigenvalue weighted by Crippen LogP contribution is 2.20. The zero-order chi connectivity index (χ0) is 20.1. The number of hydrogen-bond acceptors (Lipinski definition) is 3. The molecule has 2 aromatic carbocycles. The van der Waals surface area contributed by atoms with Gasteiger partial charge in [0.15, 0.2) is 6.10 Å². The summed E-state index contributed by atoms with van der Waals surface area (Å²) in [5.41, 5.74) is 3.90. The van der Waals surface area contributed by atoms with Crippen molar-refractivity contribution in [2.75, 3.05) is 6.54 Å². The minimum absolute atomic E-state index is 0.0478. The number of amides is 1. The van der Waals surface area contributed by atoms with Crippen LogP contribution in [0.1, 0.15) is 43.4 Å². The Morgan fingerprint density at radius 2 is 2.00 bits per heavy atom. The van der Waals surface area contributed by atoms with Crippen molar-refractivity contribution in [2.24, 2.45) is 11.1 Å². The Morgan fingerprint density at radius 3 is 2.68 bits per heavy atom. The van der Waals surface area contributed by atoms with E-state index in [0.717, 1.165) is 16.8 Å². The van der Waals surface area contributed by atoms with Crippen LogP contribution in [0.15, 0.2) is 53.7 Å². The van der Waals surface area contributed by atoms with E-state index in [1.807, 2.05) is 51.1 Å². The van der Waals surface area contributed by atoms with Gasteiger partial charge in [0.2, 0.25) is 5.91 Å². The van der Waals surface area contributed by atoms with E-state index in [1.54, 1.807) is 11.0 Å². The van der Waals surface area contributed by atoms with Gasteiger partial charge in [-0.2, -0.15) is 0 Å². The lowest BCUT2D eigenvalue weighted by Gasteiger charge is -2.26. The number of carbonyl (C=O) groups is 1. The van der Waals surface area contributed by atoms with Crippen LogP contribution in [0.3, 0.4) is 0 Å². The Balaban J connectivity index is 1.67. The van der Waals surface area contributed by atoms with Crippen molar-refractivity contribution in [1.82, 2.24) is 4.90 Å². The molecule has 5 heteroatoms. The van der Waals surface area contributed by atoms with E-state index in [4.69, 9.17) is 4.84 Å². The molecule has 28 heavy (non-hydrogen) atoms. The summed E-state index contributed by atoms with van der Waals surface area (Å²) in [6.45, 7) is 6.88. The first-order valence-corrected chi connectivity index (χ1v) is 9.72. The number of nitrogens with zero attached hydrogens (tertiary/aromatic N) is 2. The van der Waals surface area contributed by atoms with Crippen molar-refractivity contribution < 1.29 is 14.0 Å². The first-order chi connectivity index (χ1) is 13.4. The number of rotatable bonds is 7. The molecule has 4 nitrogen and oxygen atoms in total. The first kappa shape index (κ1) is 20.1. The van der Waals surface area contributed by atoms with E-state index in [2.05, 4.69) is 5.16 Å². The van der Waals surface area contributed by atoms with Crippen LogP contribution in [-0.4, -0.2) is 29.2 Å². The summed E-state index contributed by atoms with van der Waals surface area (Å²) in [5.74, 6) is 0.00823. The van der Waals surface area contributed by atoms with Crippen LogP contribution in [0.2, 0.25) is 0 Å². The Bertz CT molecular complexity index is 846. The zero-order valence-electron chi connectivity index (χ0n) is 16.7. The highest BCUT2D eigenvalue weighted by Gasteiger charge is 2.27. The maximum Gasteiger partial charge on any atom is 0.223 e. The van der Waals surface area contributed by atoms with Gasteiger partial charge in [-0.1, -0.05) is 61.0 Å². The van der Waals surface area contributed by atoms with Gasteiger partial charge >= 0.3 is 0 Å². The Hall–Kier alpha value is -2.69. The number of oxime groups is 1. The van der Waals surface area contributed by atoms with Gasteiger partial charge in [-0.15, -0.1) is 0 Å². The smallest absolute Gasteiger partial charge is 0.223 e. The number of aryl methyl sites for hydroxylation is 1. The van der Waals surface area contributed by atoms with E-state index in [9.17, 15) is 9.18 Å². The van der Waals surface area contributed by atoms with E-state index >= 15 is 0 Å². The van der Waals surface area contributed by atoms with Crippen LogP contribution in [0, 0.1) is 18.7 Å². The topological polar surface area (TPSA) is 41.9 Å². The summed E-state index contributed by atoms with van der Waals surface area (Å²) in [7, 11) is 0. The first-order valence-electron chi connectivity index (χ1n) is 9.72. The highest BCUT2D eigenvalue weighted by atomic mass is 19.1. The second-order valence-electron chi connectivity index (χ2n) is 7.84. The van der Waals surface area contributed by atoms with Crippen LogP contribution in [0.25, 0.3) is 0 Å². The van der Waals surface area contributed by atoms with Crippen molar-refractivity contribution in [2.45, 2.75) is 46.3 Å². The summed E-state index contributed by atoms with van der Waals surface area (Å²) in [5, 5.41) is 4.23. The molecule has 3 rings (SSSR count). The maximum absolute atomic E-state index is 13.6. The van der Waals surface area contributed by atoms with Gasteiger partial charge in [-0.25, -0.2) is 4.39 Å². The largest absolute Gasteiger partial charge is 0.390 e. The van der Waals surface area contributed by atoms with Crippen LogP contribution in [-0.2, 0) is 16.2 Å². The third kappa shape index (κ3) is 5.41. The molecule has 0 fully saturated rings. The summed E-state index contributed by atoms with van der Waals surface area (Å²) >= 11 is 0. The minimum atomic E-state index is -0.295. The molecule has 1 amide bonds. The van der Waals surface area contributed by atoms with Gasteiger partial charge in [0, 0.05) is 19.4 Å². The minimum Gasteiger partial charge on any atom is -0.390 e. The van der Waals surface area contributed by atoms with Crippen molar-refractivity contribution >= 4 is 11.6 Å². The molecule has 1 aliphatic rings. The van der Waals surface area contributed by atoms with E-state index in [1.165, 1.54) is 17.7 Å². The van der Waals surface area contributed by atoms with Gasteiger partial charge < -0.3 is 9.74 Å². The third-order valence-corrected chi connectivity index (χ3v) is 4.74. The van der Waals surface area contributed by atoms with Crippen LogP contribution >= 0.6 is 0 Å². The fourth-order valence-corrected chi connectivity index (χ4v) is 3.28. The summed E-state index contributed by atoms with van der Waals surface area (Å²) in [6.07, 6.45) is 0.909. The summed E-state index contributed by atoms with van der Waals surface area (Å²) in [6, 6.07) is 14.6. The predicted molar refractivity (Wildman–Crippen MR) is 108 cm³/mol. The molecule has 1 atom stereocenters. The molecule has 0 aliphatic carbocycles. The lowest BCUT2D eigenvalue weighted by molar-refractivity contribution is -0.134. The lowest BCUT2D eigenvalue weighted by Crippen LogP contribution is -2.37. The maximum atomic E-state index is 13.6. The second-order valence-corrected chi connectivity index (χ2v) is 7.84. The predicted octanol–water partition coefficient (Wildman–Crippen LogP) is 4.70. The standard InChI is InChI=1S/C23H27FN2O2/c1-16(2)11-23(27)26(14-18-5-4-6-20(24)12-18)15-21-13-22(25-28-21)19-9-7-17(3)8-10-19/h4-10,12,16,21H,11,13-15H2,1-3H3. The van der Waals surface area contributed by atoms with Crippen molar-refractivity contribution in [1.29, 1.82) is 0 Å². The second kappa shape index (κ2) is 9.00. The molecule has 0 aromatic heterocycles. The normalized spacial score (nSPS) is 16.0. The molecule has 1 unspecified atom stereocenters. The fourth-order valence-electron chi connectivity index (χ4n) is 3.28. The van der Waals surface area contributed by atoms with Crippen molar-refractivity contribution in [3.8, 4) is 0 Å². The van der Waals surface area contributed by atoms with Crippen LogP contribution in [0.4, 0.5) is 4.39 Å². The molecule has 1 heterocycles. The Kier molecular flexibility index (Phi) is 6.45. The molecule has 2 aromatic rings. The number of carbonyl (C=O) groups excluding carboxylic acids is 1. The molecule has 0 N–H and O–H groups in total. The Morgan fingerprint density at radius 1 is 1.25 bits per heavy atom. The third-order valence-electron chi connectivity index (χ3n) is 4.74. The molecule has 148 valence electrons. The summed E-state index contributed by atoms with van der Waals surface area (Å²) in [4.78, 5) is 20.1. The average Bonchev–Trinajstić information content (AvgIpc) is 3.10. The molecule has 0 spiro atoms. The number of hydrogen-bond donors (Lipinski definition) is 0. The van der Waals surface area contributed by atoms with Gasteiger partial charge in [-0.3, -0.25) is 4.79 Å². The molecular formula is C23H27FN2O2. The fraction of sp³-hybridized carbons (Fsp3) is 0.391. The van der Waals surface area contributed by atoms with Crippen molar-refractivity contribution in [3.05, 3.63) is 71.0 Å². The molecule has 0 saturated heterocycles. The van der Waals surface area contributed by atoms with E-state index < -0.39 is 0 Å². The molecular weight excluding hydrogens is 355 g/mol. The number of halogens is 1.